The maximum absolute atomic E-state index is 4.00. The average Bonchev–Trinajstić information content (AvgIpc) is 1.00. The summed E-state index contributed by atoms with van der Waals surface area (Å²) in [5, 5.41) is 0. The van der Waals surface area contributed by atoms with Crippen molar-refractivity contribution in [2.75, 3.05) is 0 Å². The summed E-state index contributed by atoms with van der Waals surface area (Å²) in [4.78, 5) is 0. The molecule has 0 aliphatic heterocycles. The monoisotopic (exact) mass is 342 g/mol. The summed E-state index contributed by atoms with van der Waals surface area (Å²) in [5.74, 6) is 0. The first-order chi connectivity index (χ1) is 1.00. The molecule has 0 N–H and O–H groups in total. The zero-order valence-electron chi connectivity index (χ0n) is 2.67. The molecule has 0 saturated carbocycles. The molecule has 0 bridgehead atoms. The van der Waals surface area contributed by atoms with Gasteiger partial charge in [-0.1, -0.05) is 0 Å². The third-order valence-electron chi connectivity index (χ3n) is 0. The molecular weight excluding hydrogens is 344 g/mol. The van der Waals surface area contributed by atoms with Crippen molar-refractivity contribution < 1.29 is 67.9 Å². The van der Waals surface area contributed by atoms with Gasteiger partial charge in [-0.05, 0) is 0 Å². The second-order valence-corrected chi connectivity index (χ2v) is 0. The maximum atomic E-state index is 4.00. The van der Waals surface area contributed by atoms with Gasteiger partial charge in [-0.2, -0.15) is 0 Å². The van der Waals surface area contributed by atoms with E-state index in [1.165, 1.54) is 0 Å². The molecule has 0 radical (unpaired) electrons. The van der Waals surface area contributed by atoms with Gasteiger partial charge in [0.1, 0.15) is 0 Å². The van der Waals surface area contributed by atoms with Gasteiger partial charge < -0.3 is 67.9 Å². The molecule has 0 amide bonds. The van der Waals surface area contributed by atoms with Crippen LogP contribution in [0.2, 0.25) is 0 Å². The number of halogens is 4. The first kappa shape index (κ1) is 51.1. The summed E-state index contributed by atoms with van der Waals surface area (Å²) in [5.41, 5.74) is 0. The highest BCUT2D eigenvalue weighted by atomic mass is 79.9. The molecule has 0 aromatic heterocycles. The lowest BCUT2D eigenvalue weighted by Gasteiger charge is -1.00. The van der Waals surface area contributed by atoms with E-state index in [-0.39, 0.29) is 67.9 Å². The maximum Gasteiger partial charge on any atom is -0.124 e. The summed E-state index contributed by atoms with van der Waals surface area (Å²) in [7, 11) is 0. The van der Waals surface area contributed by atoms with Crippen molar-refractivity contribution in [3.05, 3.63) is 0 Å². The molecule has 0 aromatic carbocycles. The van der Waals surface area contributed by atoms with Crippen LogP contribution >= 0.6 is 0 Å². The van der Waals surface area contributed by atoms with Gasteiger partial charge in [0.15, 0.2) is 0 Å². The van der Waals surface area contributed by atoms with E-state index in [9.17, 15) is 0 Å². The highest BCUT2D eigenvalue weighted by Crippen LogP contribution is 0.579. The lowest BCUT2D eigenvalue weighted by atomic mass is 11.4. The molecule has 42 valence electrons. The molecule has 0 unspecified atom stereocenters. The van der Waals surface area contributed by atoms with Crippen LogP contribution in [-0.4, -0.2) is 0 Å². The molecule has 0 saturated heterocycles. The Morgan fingerprint density at radius 2 is 0.500 bits per heavy atom. The zero-order chi connectivity index (χ0) is 2.00. The number of rotatable bonds is 0. The molecule has 0 aliphatic rings. The minimum Gasteiger partial charge on any atom is -1.00 e. The van der Waals surface area contributed by atoms with Crippen LogP contribution in [0.15, 0.2) is 0 Å². The number of hydrogen-bond acceptors (Lipinski definition) is 0. The summed E-state index contributed by atoms with van der Waals surface area (Å²) >= 11 is 0. The van der Waals surface area contributed by atoms with Crippen molar-refractivity contribution in [1.82, 2.24) is 0 Å². The molecule has 0 nitrogen and oxygen atoms in total. The Balaban J connectivity index is -0.000000000833. The van der Waals surface area contributed by atoms with E-state index < -0.39 is 0 Å². The number of terminal acetylenes is 1. The average molecular weight is 346 g/mol. The molecule has 4 heteroatoms. The van der Waals surface area contributed by atoms with E-state index in [1.54, 1.807) is 0 Å². The van der Waals surface area contributed by atoms with Crippen molar-refractivity contribution >= 4 is 0 Å². The van der Waals surface area contributed by atoms with E-state index in [4.69, 9.17) is 0 Å². The van der Waals surface area contributed by atoms with E-state index in [2.05, 4.69) is 12.8 Å². The normalized spacial score (nSPS) is 0.333. The van der Waals surface area contributed by atoms with Gasteiger partial charge in [-0.25, -0.2) is 0 Å². The third kappa shape index (κ3) is 50.2. The summed E-state index contributed by atoms with van der Waals surface area (Å²) in [6, 6.07) is 0. The molecule has 0 rings (SSSR count). The predicted octanol–water partition coefficient (Wildman–Crippen LogP) is -11.7. The lowest BCUT2D eigenvalue weighted by molar-refractivity contribution is -0.00100. The molecule has 0 fully saturated rings. The first-order valence-electron chi connectivity index (χ1n) is 0.333. The van der Waals surface area contributed by atoms with Gasteiger partial charge in [0.25, 0.3) is 0 Å². The van der Waals surface area contributed by atoms with Gasteiger partial charge in [-0.3, -0.25) is 0 Å². The highest BCUT2D eigenvalue weighted by Gasteiger charge is 0.454. The lowest BCUT2D eigenvalue weighted by Crippen LogP contribution is -3.00. The smallest absolute Gasteiger partial charge is 0.124 e. The minimum absolute atomic E-state index is 0. The van der Waals surface area contributed by atoms with Crippen LogP contribution in [0.3, 0.4) is 0 Å². The first-order valence-corrected chi connectivity index (χ1v) is 0.333. The molecule has 0 aromatic rings. The molecular formula is C2H2Br4-4. The molecule has 0 aliphatic carbocycles. The molecule has 6 heavy (non-hydrogen) atoms. The fourth-order valence-electron chi connectivity index (χ4n) is 0. The van der Waals surface area contributed by atoms with Gasteiger partial charge in [-0.15, -0.1) is 12.8 Å². The molecule has 0 spiro atoms. The van der Waals surface area contributed by atoms with Crippen LogP contribution in [-0.2, 0) is 0 Å². The Morgan fingerprint density at radius 1 is 0.500 bits per heavy atom. The largest absolute Gasteiger partial charge is 1.00 e. The SMILES string of the molecule is C#C.[Br-].[Br-].[Br-].[Br-]. The Hall–Kier alpha value is 1.48. The van der Waals surface area contributed by atoms with Crippen molar-refractivity contribution in [2.45, 2.75) is 0 Å². The fourth-order valence-corrected chi connectivity index (χ4v) is 0. The van der Waals surface area contributed by atoms with Crippen molar-refractivity contribution in [3.63, 3.8) is 0 Å². The Kier molecular flexibility index (Phi) is 756. The van der Waals surface area contributed by atoms with Crippen molar-refractivity contribution in [2.24, 2.45) is 0 Å². The standard InChI is InChI=1S/C2H2.4BrH/c1-2;;;;/h1-2H;4*1H/p-4. The predicted molar refractivity (Wildman–Crippen MR) is 9.89 cm³/mol. The Morgan fingerprint density at radius 3 is 0.500 bits per heavy atom. The molecule has 0 heterocycles. The fraction of sp³-hybridized carbons (Fsp3) is 0. The van der Waals surface area contributed by atoms with Gasteiger partial charge in [0.2, 0.25) is 0 Å². The number of hydrogen-bond donors (Lipinski definition) is 0. The van der Waals surface area contributed by atoms with E-state index in [0.717, 1.165) is 0 Å². The van der Waals surface area contributed by atoms with Gasteiger partial charge in [0.05, 0.1) is 0 Å². The van der Waals surface area contributed by atoms with Crippen LogP contribution < -0.4 is 67.9 Å². The summed E-state index contributed by atoms with van der Waals surface area (Å²) < 4.78 is 0. The van der Waals surface area contributed by atoms with E-state index >= 15 is 0 Å². The van der Waals surface area contributed by atoms with Crippen LogP contribution in [0.4, 0.5) is 0 Å². The summed E-state index contributed by atoms with van der Waals surface area (Å²) in [6.07, 6.45) is 8.00. The van der Waals surface area contributed by atoms with Gasteiger partial charge >= 0.3 is 0 Å². The third-order valence-corrected chi connectivity index (χ3v) is 0. The summed E-state index contributed by atoms with van der Waals surface area (Å²) in [6.45, 7) is 0. The second-order valence-electron chi connectivity index (χ2n) is 0. The van der Waals surface area contributed by atoms with Crippen LogP contribution in [0, 0.1) is 12.8 Å². The van der Waals surface area contributed by atoms with Crippen LogP contribution in [0.1, 0.15) is 0 Å². The highest BCUT2D eigenvalue weighted by molar-refractivity contribution is 4.47. The van der Waals surface area contributed by atoms with Gasteiger partial charge in [0, 0.05) is 0 Å². The van der Waals surface area contributed by atoms with E-state index in [0.29, 0.717) is 0 Å². The second kappa shape index (κ2) is 88.8. The minimum atomic E-state index is 0. The molecule has 0 atom stereocenters. The van der Waals surface area contributed by atoms with Crippen molar-refractivity contribution in [3.8, 4) is 12.8 Å². The van der Waals surface area contributed by atoms with Crippen LogP contribution in [0.25, 0.3) is 0 Å². The zero-order valence-corrected chi connectivity index (χ0v) is 9.01. The van der Waals surface area contributed by atoms with Crippen LogP contribution in [0.5, 0.6) is 0 Å². The Labute approximate surface area is 80.2 Å². The Bertz CT molecular complexity index is 10.3. The van der Waals surface area contributed by atoms with Crippen molar-refractivity contribution in [1.29, 1.82) is 0 Å². The quantitative estimate of drug-likeness (QED) is 0.383. The van der Waals surface area contributed by atoms with E-state index in [1.807, 2.05) is 0 Å². The topological polar surface area (TPSA) is 0 Å².